The van der Waals surface area contributed by atoms with Gasteiger partial charge in [-0.3, -0.25) is 0 Å². The first-order valence-corrected chi connectivity index (χ1v) is 12.5. The molecule has 0 amide bonds. The highest BCUT2D eigenvalue weighted by Gasteiger charge is 2.30. The lowest BCUT2D eigenvalue weighted by Gasteiger charge is -2.11. The minimum Gasteiger partial charge on any atom is -0.237 e. The second-order valence-corrected chi connectivity index (χ2v) is 9.46. The summed E-state index contributed by atoms with van der Waals surface area (Å²) < 4.78 is 77.0. The van der Waals surface area contributed by atoms with Crippen LogP contribution in [-0.4, -0.2) is 0 Å². The van der Waals surface area contributed by atoms with Crippen LogP contribution in [0.1, 0.15) is 38.9 Å². The van der Waals surface area contributed by atoms with Crippen LogP contribution in [0.3, 0.4) is 0 Å². The molecule has 0 bridgehead atoms. The molecule has 0 radical (unpaired) electrons. The number of hydrogen-bond donors (Lipinski definition) is 0. The summed E-state index contributed by atoms with van der Waals surface area (Å²) in [5, 5.41) is 12.3. The molecule has 0 aliphatic carbocycles. The maximum atomic E-state index is 12.8. The van der Waals surface area contributed by atoms with Gasteiger partial charge in [0.05, 0.1) is 23.3 Å². The first-order valence-electron chi connectivity index (χ1n) is 12.5. The highest BCUT2D eigenvalue weighted by Crippen LogP contribution is 2.40. The average Bonchev–Trinajstić information content (AvgIpc) is 2.97. The van der Waals surface area contributed by atoms with E-state index in [4.69, 9.17) is 6.57 Å². The SMILES string of the molecule is [C-]#[N+]c1c2ccc(C=Cc3ccc(C(F)(F)F)cc3)cc2c(C#N)c2ccc(C=Cc3ccc(C(F)(F)F)cc3)cc12. The van der Waals surface area contributed by atoms with Crippen LogP contribution >= 0.6 is 0 Å². The van der Waals surface area contributed by atoms with Crippen molar-refractivity contribution in [2.24, 2.45) is 0 Å². The van der Waals surface area contributed by atoms with Crippen LogP contribution in [0.25, 0.3) is 50.7 Å². The van der Waals surface area contributed by atoms with Gasteiger partial charge < -0.3 is 0 Å². The monoisotopic (exact) mass is 568 g/mol. The summed E-state index contributed by atoms with van der Waals surface area (Å²) in [5.41, 5.74) is 1.79. The fourth-order valence-corrected chi connectivity index (χ4v) is 4.64. The number of halogens is 6. The van der Waals surface area contributed by atoms with Crippen molar-refractivity contribution in [1.29, 1.82) is 5.26 Å². The van der Waals surface area contributed by atoms with Gasteiger partial charge in [0.25, 0.3) is 0 Å². The van der Waals surface area contributed by atoms with E-state index in [2.05, 4.69) is 10.9 Å². The normalized spacial score (nSPS) is 12.3. The molecule has 42 heavy (non-hydrogen) atoms. The number of rotatable bonds is 4. The van der Waals surface area contributed by atoms with Crippen molar-refractivity contribution >= 4 is 51.5 Å². The van der Waals surface area contributed by atoms with E-state index in [9.17, 15) is 31.6 Å². The van der Waals surface area contributed by atoms with E-state index in [1.807, 2.05) is 0 Å². The van der Waals surface area contributed by atoms with Gasteiger partial charge in [-0.1, -0.05) is 78.9 Å². The fraction of sp³-hybridized carbons (Fsp3) is 0.0588. The van der Waals surface area contributed by atoms with E-state index in [0.717, 1.165) is 24.3 Å². The van der Waals surface area contributed by atoms with Crippen LogP contribution in [0.4, 0.5) is 32.0 Å². The van der Waals surface area contributed by atoms with Gasteiger partial charge in [-0.05, 0) is 74.1 Å². The second kappa shape index (κ2) is 10.9. The highest BCUT2D eigenvalue weighted by molar-refractivity contribution is 6.16. The Hall–Kier alpha value is -5.34. The molecular formula is C34H18F6N2. The third kappa shape index (κ3) is 5.75. The Labute approximate surface area is 236 Å². The van der Waals surface area contributed by atoms with Crippen LogP contribution in [0, 0.1) is 17.9 Å². The van der Waals surface area contributed by atoms with Gasteiger partial charge in [0.2, 0.25) is 5.69 Å². The van der Waals surface area contributed by atoms with Crippen molar-refractivity contribution in [3.05, 3.63) is 135 Å². The predicted molar refractivity (Wildman–Crippen MR) is 153 cm³/mol. The van der Waals surface area contributed by atoms with E-state index >= 15 is 0 Å². The topological polar surface area (TPSA) is 28.1 Å². The number of benzene rings is 5. The Balaban J connectivity index is 1.51. The lowest BCUT2D eigenvalue weighted by atomic mass is 9.93. The lowest BCUT2D eigenvalue weighted by Crippen LogP contribution is -2.03. The van der Waals surface area contributed by atoms with Crippen molar-refractivity contribution in [2.45, 2.75) is 12.4 Å². The quantitative estimate of drug-likeness (QED) is 0.0917. The van der Waals surface area contributed by atoms with Gasteiger partial charge in [0.1, 0.15) is 6.07 Å². The number of nitriles is 1. The number of alkyl halides is 6. The predicted octanol–water partition coefficient (Wildman–Crippen LogP) is 10.8. The standard InChI is InChI=1S/C34H18F6N2/c1-42-32-28-17-11-23(4-2-21-6-12-25(13-7-21)33(35,36)37)18-29(28)31(20-41)27-16-10-24(19-30(27)32)5-3-22-8-14-26(15-9-22)34(38,39)40/h2-19H. The highest BCUT2D eigenvalue weighted by atomic mass is 19.4. The van der Waals surface area contributed by atoms with Crippen molar-refractivity contribution in [2.75, 3.05) is 0 Å². The largest absolute Gasteiger partial charge is 0.416 e. The molecule has 0 aromatic heterocycles. The third-order valence-electron chi connectivity index (χ3n) is 6.77. The van der Waals surface area contributed by atoms with Gasteiger partial charge >= 0.3 is 12.4 Å². The lowest BCUT2D eigenvalue weighted by molar-refractivity contribution is -0.138. The summed E-state index contributed by atoms with van der Waals surface area (Å²) in [5.74, 6) is 0. The zero-order chi connectivity index (χ0) is 30.1. The first kappa shape index (κ1) is 28.2. The second-order valence-electron chi connectivity index (χ2n) is 9.46. The minimum absolute atomic E-state index is 0.349. The molecule has 5 aromatic rings. The summed E-state index contributed by atoms with van der Waals surface area (Å²) >= 11 is 0. The van der Waals surface area contributed by atoms with Crippen LogP contribution < -0.4 is 0 Å². The molecule has 0 aliphatic heterocycles. The Kier molecular flexibility index (Phi) is 7.33. The Bertz CT molecular complexity index is 1800. The summed E-state index contributed by atoms with van der Waals surface area (Å²) in [6.45, 7) is 7.86. The van der Waals surface area contributed by atoms with Crippen LogP contribution in [0.2, 0.25) is 0 Å². The number of fused-ring (bicyclic) bond motifs is 2. The molecule has 0 saturated carbocycles. The van der Waals surface area contributed by atoms with Crippen LogP contribution in [-0.2, 0) is 12.4 Å². The maximum absolute atomic E-state index is 12.8. The molecule has 0 fully saturated rings. The number of nitrogens with zero attached hydrogens (tertiary/aromatic N) is 2. The Morgan fingerprint density at radius 3 is 1.38 bits per heavy atom. The molecule has 5 aromatic carbocycles. The van der Waals surface area contributed by atoms with Crippen molar-refractivity contribution in [1.82, 2.24) is 0 Å². The van der Waals surface area contributed by atoms with Gasteiger partial charge in [0, 0.05) is 0 Å². The average molecular weight is 569 g/mol. The smallest absolute Gasteiger partial charge is 0.237 e. The van der Waals surface area contributed by atoms with Crippen molar-refractivity contribution in [3.63, 3.8) is 0 Å². The zero-order valence-electron chi connectivity index (χ0n) is 21.6. The van der Waals surface area contributed by atoms with Gasteiger partial charge in [-0.15, -0.1) is 0 Å². The minimum atomic E-state index is -4.42. The maximum Gasteiger partial charge on any atom is 0.416 e. The molecule has 0 N–H and O–H groups in total. The zero-order valence-corrected chi connectivity index (χ0v) is 21.6. The van der Waals surface area contributed by atoms with E-state index < -0.39 is 23.5 Å². The molecule has 206 valence electrons. The van der Waals surface area contributed by atoms with Crippen LogP contribution in [0.5, 0.6) is 0 Å². The van der Waals surface area contributed by atoms with E-state index in [-0.39, 0.29) is 0 Å². The molecule has 0 atom stereocenters. The molecule has 0 saturated heterocycles. The van der Waals surface area contributed by atoms with Crippen molar-refractivity contribution in [3.8, 4) is 6.07 Å². The molecule has 5 rings (SSSR count). The third-order valence-corrected chi connectivity index (χ3v) is 6.77. The van der Waals surface area contributed by atoms with E-state index in [1.54, 1.807) is 60.7 Å². The molecule has 0 spiro atoms. The first-order chi connectivity index (χ1) is 20.0. The molecular weight excluding hydrogens is 550 g/mol. The van der Waals surface area contributed by atoms with Gasteiger partial charge in [0.15, 0.2) is 0 Å². The Morgan fingerprint density at radius 2 is 0.952 bits per heavy atom. The summed E-state index contributed by atoms with van der Waals surface area (Å²) in [7, 11) is 0. The van der Waals surface area contributed by atoms with Crippen molar-refractivity contribution < 1.29 is 26.3 Å². The van der Waals surface area contributed by atoms with E-state index in [0.29, 0.717) is 55.0 Å². The summed E-state index contributed by atoms with van der Waals surface area (Å²) in [6.07, 6.45) is -2.05. The number of hydrogen-bond acceptors (Lipinski definition) is 1. The fourth-order valence-electron chi connectivity index (χ4n) is 4.64. The molecule has 2 nitrogen and oxygen atoms in total. The molecule has 0 aliphatic rings. The molecule has 0 unspecified atom stereocenters. The molecule has 8 heteroatoms. The van der Waals surface area contributed by atoms with E-state index in [1.165, 1.54) is 24.3 Å². The summed E-state index contributed by atoms with van der Waals surface area (Å²) in [6, 6.07) is 22.3. The summed E-state index contributed by atoms with van der Waals surface area (Å²) in [4.78, 5) is 3.75. The van der Waals surface area contributed by atoms with Crippen LogP contribution in [0.15, 0.2) is 84.9 Å². The Morgan fingerprint density at radius 1 is 0.548 bits per heavy atom. The molecule has 0 heterocycles. The van der Waals surface area contributed by atoms with Gasteiger partial charge in [-0.2, -0.15) is 31.6 Å². The van der Waals surface area contributed by atoms with Gasteiger partial charge in [-0.25, -0.2) is 4.85 Å².